The highest BCUT2D eigenvalue weighted by molar-refractivity contribution is 5.89. The van der Waals surface area contributed by atoms with Crippen LogP contribution in [-0.4, -0.2) is 25.3 Å². The van der Waals surface area contributed by atoms with Crippen LogP contribution in [0.4, 0.5) is 19.3 Å². The van der Waals surface area contributed by atoms with Gasteiger partial charge in [0.1, 0.15) is 11.6 Å². The highest BCUT2D eigenvalue weighted by Crippen LogP contribution is 2.20. The molecule has 1 saturated carbocycles. The summed E-state index contributed by atoms with van der Waals surface area (Å²) in [6.07, 6.45) is 7.02. The fraction of sp³-hybridized carbons (Fsp3) is 0.562. The monoisotopic (exact) mass is 312 g/mol. The summed E-state index contributed by atoms with van der Waals surface area (Å²) in [6.45, 7) is 1.02. The lowest BCUT2D eigenvalue weighted by Gasteiger charge is -2.21. The Kier molecular flexibility index (Phi) is 6.58. The average molecular weight is 312 g/mol. The first-order chi connectivity index (χ1) is 10.6. The number of halogens is 2. The summed E-state index contributed by atoms with van der Waals surface area (Å²) in [4.78, 5) is 11.6. The number of ether oxygens (including phenoxy) is 1. The Morgan fingerprint density at radius 2 is 2.00 bits per heavy atom. The third kappa shape index (κ3) is 5.60. The van der Waals surface area contributed by atoms with Crippen LogP contribution in [0.15, 0.2) is 18.2 Å². The van der Waals surface area contributed by atoms with Crippen LogP contribution in [0.2, 0.25) is 0 Å². The van der Waals surface area contributed by atoms with Gasteiger partial charge in [-0.1, -0.05) is 19.3 Å². The summed E-state index contributed by atoms with van der Waals surface area (Å²) in [5, 5.41) is 4.88. The number of hydrogen-bond donors (Lipinski definition) is 2. The quantitative estimate of drug-likeness (QED) is 0.784. The van der Waals surface area contributed by atoms with Crippen LogP contribution in [0.25, 0.3) is 0 Å². The summed E-state index contributed by atoms with van der Waals surface area (Å²) < 4.78 is 32.1. The van der Waals surface area contributed by atoms with Crippen LogP contribution in [0, 0.1) is 11.6 Å². The second kappa shape index (κ2) is 8.68. The number of amides is 2. The molecule has 0 aromatic heterocycles. The van der Waals surface area contributed by atoms with Crippen molar-refractivity contribution < 1.29 is 18.3 Å². The molecule has 0 radical (unpaired) electrons. The van der Waals surface area contributed by atoms with Gasteiger partial charge in [0.05, 0.1) is 11.8 Å². The SMILES string of the molecule is O=C(NCCCOC1CCCCC1)Nc1cc(F)ccc1F. The van der Waals surface area contributed by atoms with Crippen molar-refractivity contribution in [2.75, 3.05) is 18.5 Å². The van der Waals surface area contributed by atoms with Crippen LogP contribution in [0.1, 0.15) is 38.5 Å². The Morgan fingerprint density at radius 1 is 1.23 bits per heavy atom. The largest absolute Gasteiger partial charge is 0.378 e. The molecule has 1 fully saturated rings. The van der Waals surface area contributed by atoms with Gasteiger partial charge in [0.25, 0.3) is 0 Å². The standard InChI is InChI=1S/C16H22F2N2O2/c17-12-7-8-14(18)15(11-12)20-16(21)19-9-4-10-22-13-5-2-1-3-6-13/h7-8,11,13H,1-6,9-10H2,(H2,19,20,21). The summed E-state index contributed by atoms with van der Waals surface area (Å²) in [6, 6.07) is 2.37. The average Bonchev–Trinajstić information content (AvgIpc) is 2.51. The minimum absolute atomic E-state index is 0.170. The molecule has 4 nitrogen and oxygen atoms in total. The smallest absolute Gasteiger partial charge is 0.319 e. The molecule has 0 atom stereocenters. The molecule has 1 aromatic rings. The van der Waals surface area contributed by atoms with Crippen molar-refractivity contribution in [2.45, 2.75) is 44.6 Å². The Balaban J connectivity index is 1.60. The number of urea groups is 1. The molecule has 1 aromatic carbocycles. The highest BCUT2D eigenvalue weighted by Gasteiger charge is 2.13. The third-order valence-corrected chi connectivity index (χ3v) is 3.69. The van der Waals surface area contributed by atoms with Gasteiger partial charge in [-0.15, -0.1) is 0 Å². The lowest BCUT2D eigenvalue weighted by atomic mass is 9.98. The Morgan fingerprint density at radius 3 is 2.77 bits per heavy atom. The molecule has 0 heterocycles. The second-order valence-electron chi connectivity index (χ2n) is 5.49. The Labute approximate surface area is 129 Å². The van der Waals surface area contributed by atoms with Crippen molar-refractivity contribution >= 4 is 11.7 Å². The molecule has 2 N–H and O–H groups in total. The molecule has 122 valence electrons. The molecular formula is C16H22F2N2O2. The second-order valence-corrected chi connectivity index (χ2v) is 5.49. The van der Waals surface area contributed by atoms with Crippen LogP contribution in [-0.2, 0) is 4.74 Å². The van der Waals surface area contributed by atoms with E-state index in [4.69, 9.17) is 4.74 Å². The molecule has 22 heavy (non-hydrogen) atoms. The van der Waals surface area contributed by atoms with Gasteiger partial charge >= 0.3 is 6.03 Å². The van der Waals surface area contributed by atoms with Crippen molar-refractivity contribution in [3.05, 3.63) is 29.8 Å². The maximum Gasteiger partial charge on any atom is 0.319 e. The molecule has 2 rings (SSSR count). The first-order valence-corrected chi connectivity index (χ1v) is 7.76. The number of nitrogens with one attached hydrogen (secondary N) is 2. The maximum absolute atomic E-state index is 13.3. The lowest BCUT2D eigenvalue weighted by Crippen LogP contribution is -2.30. The van der Waals surface area contributed by atoms with E-state index in [1.54, 1.807) is 0 Å². The van der Waals surface area contributed by atoms with Gasteiger partial charge in [0.2, 0.25) is 0 Å². The predicted octanol–water partition coefficient (Wildman–Crippen LogP) is 3.83. The van der Waals surface area contributed by atoms with Crippen LogP contribution in [0.3, 0.4) is 0 Å². The van der Waals surface area contributed by atoms with Crippen molar-refractivity contribution in [2.24, 2.45) is 0 Å². The van der Waals surface area contributed by atoms with Gasteiger partial charge in [-0.3, -0.25) is 0 Å². The molecular weight excluding hydrogens is 290 g/mol. The molecule has 1 aliphatic carbocycles. The molecule has 0 bridgehead atoms. The molecule has 0 saturated heterocycles. The maximum atomic E-state index is 13.3. The summed E-state index contributed by atoms with van der Waals surface area (Å²) in [7, 11) is 0. The Hall–Kier alpha value is -1.69. The third-order valence-electron chi connectivity index (χ3n) is 3.69. The van der Waals surface area contributed by atoms with Gasteiger partial charge in [-0.2, -0.15) is 0 Å². The number of carbonyl (C=O) groups is 1. The molecule has 6 heteroatoms. The molecule has 2 amide bonds. The fourth-order valence-corrected chi connectivity index (χ4v) is 2.52. The number of hydrogen-bond acceptors (Lipinski definition) is 2. The topological polar surface area (TPSA) is 50.4 Å². The van der Waals surface area contributed by atoms with E-state index in [2.05, 4.69) is 10.6 Å². The molecule has 0 aliphatic heterocycles. The lowest BCUT2D eigenvalue weighted by molar-refractivity contribution is 0.0276. The molecule has 0 unspecified atom stereocenters. The number of anilines is 1. The number of benzene rings is 1. The van der Waals surface area contributed by atoms with E-state index in [1.165, 1.54) is 19.3 Å². The van der Waals surface area contributed by atoms with Gasteiger partial charge in [-0.25, -0.2) is 13.6 Å². The predicted molar refractivity (Wildman–Crippen MR) is 80.8 cm³/mol. The molecule has 1 aliphatic rings. The van der Waals surface area contributed by atoms with Crippen molar-refractivity contribution in [3.8, 4) is 0 Å². The van der Waals surface area contributed by atoms with E-state index in [0.29, 0.717) is 25.7 Å². The van der Waals surface area contributed by atoms with E-state index in [9.17, 15) is 13.6 Å². The van der Waals surface area contributed by atoms with Crippen molar-refractivity contribution in [1.82, 2.24) is 5.32 Å². The molecule has 0 spiro atoms. The Bertz CT molecular complexity index is 491. The van der Waals surface area contributed by atoms with Crippen molar-refractivity contribution in [3.63, 3.8) is 0 Å². The van der Waals surface area contributed by atoms with E-state index >= 15 is 0 Å². The highest BCUT2D eigenvalue weighted by atomic mass is 19.1. The van der Waals surface area contributed by atoms with Crippen LogP contribution >= 0.6 is 0 Å². The summed E-state index contributed by atoms with van der Waals surface area (Å²) in [5.74, 6) is -1.27. The first kappa shape index (κ1) is 16.7. The van der Waals surface area contributed by atoms with E-state index in [0.717, 1.165) is 31.0 Å². The summed E-state index contributed by atoms with van der Waals surface area (Å²) >= 11 is 0. The van der Waals surface area contributed by atoms with Crippen molar-refractivity contribution in [1.29, 1.82) is 0 Å². The fourth-order valence-electron chi connectivity index (χ4n) is 2.52. The van der Waals surface area contributed by atoms with E-state index < -0.39 is 17.7 Å². The minimum atomic E-state index is -0.669. The zero-order valence-corrected chi connectivity index (χ0v) is 12.5. The normalized spacial score (nSPS) is 15.5. The zero-order chi connectivity index (χ0) is 15.8. The van der Waals surface area contributed by atoms with Crippen LogP contribution < -0.4 is 10.6 Å². The van der Waals surface area contributed by atoms with Gasteiger partial charge in [0.15, 0.2) is 0 Å². The number of rotatable bonds is 6. The van der Waals surface area contributed by atoms with Gasteiger partial charge in [-0.05, 0) is 31.4 Å². The minimum Gasteiger partial charge on any atom is -0.378 e. The number of carbonyl (C=O) groups excluding carboxylic acids is 1. The van der Waals surface area contributed by atoms with E-state index in [1.807, 2.05) is 0 Å². The van der Waals surface area contributed by atoms with E-state index in [-0.39, 0.29) is 5.69 Å². The zero-order valence-electron chi connectivity index (χ0n) is 12.5. The van der Waals surface area contributed by atoms with Crippen LogP contribution in [0.5, 0.6) is 0 Å². The first-order valence-electron chi connectivity index (χ1n) is 7.76. The van der Waals surface area contributed by atoms with Gasteiger partial charge in [0, 0.05) is 19.2 Å². The van der Waals surface area contributed by atoms with Gasteiger partial charge < -0.3 is 15.4 Å². The summed E-state index contributed by atoms with van der Waals surface area (Å²) in [5.41, 5.74) is -0.170.